The molecule has 0 saturated carbocycles. The van der Waals surface area contributed by atoms with Crippen molar-refractivity contribution >= 4 is 32.1 Å². The summed E-state index contributed by atoms with van der Waals surface area (Å²) in [5, 5.41) is 0. The van der Waals surface area contributed by atoms with E-state index in [1.54, 1.807) is 24.3 Å². The maximum Gasteiger partial charge on any atom is 0.500 e. The fraction of sp³-hybridized carbons (Fsp3) is 0.500. The molecule has 0 atom stereocenters. The molecule has 1 aromatic rings. The Hall–Kier alpha value is -2.13. The number of hydrogen-bond donors (Lipinski definition) is 0. The van der Waals surface area contributed by atoms with Gasteiger partial charge in [0, 0.05) is 50.9 Å². The standard InChI is InChI=1S/C22H31NO6Si/c1-4-27-30(28-5-2,29-6-3)16-8-7-9-20(24)17-18-10-12-19(13-11-18)23-21(25)14-15-22(23)26/h10-15H,4-9,16-17H2,1-3H3. The average Bonchev–Trinajstić information content (AvgIpc) is 3.05. The first-order chi connectivity index (χ1) is 14.4. The highest BCUT2D eigenvalue weighted by Gasteiger charge is 2.39. The molecule has 0 unspecified atom stereocenters. The summed E-state index contributed by atoms with van der Waals surface area (Å²) in [6.07, 6.45) is 4.86. The van der Waals surface area contributed by atoms with Gasteiger partial charge in [0.25, 0.3) is 11.8 Å². The number of carbonyl (C=O) groups excluding carboxylic acids is 3. The summed E-state index contributed by atoms with van der Waals surface area (Å²) < 4.78 is 17.5. The van der Waals surface area contributed by atoms with E-state index in [9.17, 15) is 14.4 Å². The summed E-state index contributed by atoms with van der Waals surface area (Å²) in [7, 11) is -2.65. The molecule has 2 amide bonds. The van der Waals surface area contributed by atoms with Gasteiger partial charge in [0.2, 0.25) is 0 Å². The number of unbranched alkanes of at least 4 members (excludes halogenated alkanes) is 1. The third-order valence-corrected chi connectivity index (χ3v) is 7.84. The van der Waals surface area contributed by atoms with Crippen molar-refractivity contribution < 1.29 is 27.7 Å². The predicted octanol–water partition coefficient (Wildman–Crippen LogP) is 3.45. The zero-order valence-corrected chi connectivity index (χ0v) is 19.0. The summed E-state index contributed by atoms with van der Waals surface area (Å²) in [6.45, 7) is 7.44. The molecule has 8 heteroatoms. The summed E-state index contributed by atoms with van der Waals surface area (Å²) in [5.41, 5.74) is 1.37. The van der Waals surface area contributed by atoms with Gasteiger partial charge in [0.05, 0.1) is 5.69 Å². The number of nitrogens with zero attached hydrogens (tertiary/aromatic N) is 1. The first-order valence-electron chi connectivity index (χ1n) is 10.5. The molecular formula is C22H31NO6Si. The molecule has 7 nitrogen and oxygen atoms in total. The molecule has 1 aliphatic heterocycles. The minimum atomic E-state index is -2.65. The number of hydrogen-bond acceptors (Lipinski definition) is 6. The second-order valence-electron chi connectivity index (χ2n) is 6.92. The lowest BCUT2D eigenvalue weighted by Gasteiger charge is -2.28. The molecule has 2 rings (SSSR count). The quantitative estimate of drug-likeness (QED) is 0.254. The number of benzene rings is 1. The number of carbonyl (C=O) groups is 3. The van der Waals surface area contributed by atoms with Crippen LogP contribution in [-0.4, -0.2) is 46.2 Å². The lowest BCUT2D eigenvalue weighted by molar-refractivity contribution is -0.120. The van der Waals surface area contributed by atoms with Crippen molar-refractivity contribution in [3.8, 4) is 0 Å². The summed E-state index contributed by atoms with van der Waals surface area (Å²) >= 11 is 0. The average molecular weight is 434 g/mol. The lowest BCUT2D eigenvalue weighted by atomic mass is 10.0. The second kappa shape index (κ2) is 11.9. The van der Waals surface area contributed by atoms with E-state index < -0.39 is 8.80 Å². The Kier molecular flexibility index (Phi) is 9.58. The lowest BCUT2D eigenvalue weighted by Crippen LogP contribution is -2.45. The molecule has 1 heterocycles. The van der Waals surface area contributed by atoms with Crippen LogP contribution in [0.25, 0.3) is 0 Å². The molecule has 0 N–H and O–H groups in total. The van der Waals surface area contributed by atoms with Gasteiger partial charge in [-0.25, -0.2) is 4.90 Å². The molecule has 0 aromatic heterocycles. The zero-order chi connectivity index (χ0) is 22.0. The van der Waals surface area contributed by atoms with E-state index in [0.29, 0.717) is 44.4 Å². The topological polar surface area (TPSA) is 82.1 Å². The molecule has 164 valence electrons. The van der Waals surface area contributed by atoms with E-state index in [-0.39, 0.29) is 17.6 Å². The number of imide groups is 1. The van der Waals surface area contributed by atoms with E-state index in [1.807, 2.05) is 20.8 Å². The fourth-order valence-corrected chi connectivity index (χ4v) is 6.08. The maximum atomic E-state index is 12.3. The van der Waals surface area contributed by atoms with E-state index in [4.69, 9.17) is 13.3 Å². The van der Waals surface area contributed by atoms with E-state index >= 15 is 0 Å². The molecular weight excluding hydrogens is 402 g/mol. The highest BCUT2D eigenvalue weighted by Crippen LogP contribution is 2.22. The van der Waals surface area contributed by atoms with Crippen LogP contribution in [-0.2, 0) is 34.1 Å². The molecule has 0 saturated heterocycles. The molecule has 0 aliphatic carbocycles. The van der Waals surface area contributed by atoms with Crippen molar-refractivity contribution in [1.29, 1.82) is 0 Å². The van der Waals surface area contributed by atoms with Gasteiger partial charge in [-0.15, -0.1) is 0 Å². The summed E-state index contributed by atoms with van der Waals surface area (Å²) in [6, 6.07) is 7.65. The van der Waals surface area contributed by atoms with Crippen LogP contribution in [0.3, 0.4) is 0 Å². The molecule has 0 bridgehead atoms. The van der Waals surface area contributed by atoms with E-state index in [2.05, 4.69) is 0 Å². The number of amides is 2. The first-order valence-corrected chi connectivity index (χ1v) is 12.5. The van der Waals surface area contributed by atoms with E-state index in [0.717, 1.165) is 23.3 Å². The Morgan fingerprint density at radius 1 is 0.867 bits per heavy atom. The van der Waals surface area contributed by atoms with Crippen molar-refractivity contribution in [2.45, 2.75) is 52.5 Å². The van der Waals surface area contributed by atoms with Crippen LogP contribution in [0.4, 0.5) is 5.69 Å². The highest BCUT2D eigenvalue weighted by atomic mass is 28.4. The zero-order valence-electron chi connectivity index (χ0n) is 18.0. The Balaban J connectivity index is 1.80. The summed E-state index contributed by atoms with van der Waals surface area (Å²) in [4.78, 5) is 36.9. The van der Waals surface area contributed by atoms with Crippen molar-refractivity contribution in [3.63, 3.8) is 0 Å². The largest absolute Gasteiger partial charge is 0.500 e. The first kappa shape index (κ1) is 24.1. The predicted molar refractivity (Wildman–Crippen MR) is 116 cm³/mol. The minimum Gasteiger partial charge on any atom is -0.374 e. The third-order valence-electron chi connectivity index (χ3n) is 4.69. The molecule has 0 radical (unpaired) electrons. The van der Waals surface area contributed by atoms with Crippen LogP contribution in [0.2, 0.25) is 6.04 Å². The smallest absolute Gasteiger partial charge is 0.374 e. The van der Waals surface area contributed by atoms with Crippen LogP contribution in [0.5, 0.6) is 0 Å². The SMILES string of the molecule is CCO[Si](CCCCC(=O)Cc1ccc(N2C(=O)C=CC2=O)cc1)(OCC)OCC. The molecule has 1 aliphatic rings. The van der Waals surface area contributed by atoms with Crippen LogP contribution >= 0.6 is 0 Å². The Morgan fingerprint density at radius 2 is 1.40 bits per heavy atom. The monoisotopic (exact) mass is 433 g/mol. The molecule has 30 heavy (non-hydrogen) atoms. The van der Waals surface area contributed by atoms with Crippen molar-refractivity contribution in [1.82, 2.24) is 0 Å². The molecule has 0 fully saturated rings. The van der Waals surface area contributed by atoms with Crippen LogP contribution in [0, 0.1) is 0 Å². The Bertz CT molecular complexity index is 726. The molecule has 0 spiro atoms. The van der Waals surface area contributed by atoms with Gasteiger partial charge >= 0.3 is 8.80 Å². The van der Waals surface area contributed by atoms with Crippen LogP contribution in [0.1, 0.15) is 45.6 Å². The van der Waals surface area contributed by atoms with Crippen molar-refractivity contribution in [2.75, 3.05) is 24.7 Å². The summed E-state index contributed by atoms with van der Waals surface area (Å²) in [5.74, 6) is -0.557. The van der Waals surface area contributed by atoms with Gasteiger partial charge < -0.3 is 13.3 Å². The van der Waals surface area contributed by atoms with Gasteiger partial charge in [-0.2, -0.15) is 0 Å². The van der Waals surface area contributed by atoms with Crippen LogP contribution < -0.4 is 4.90 Å². The van der Waals surface area contributed by atoms with Gasteiger partial charge in [0.1, 0.15) is 5.78 Å². The van der Waals surface area contributed by atoms with Gasteiger partial charge in [-0.1, -0.05) is 12.1 Å². The highest BCUT2D eigenvalue weighted by molar-refractivity contribution is 6.60. The minimum absolute atomic E-state index is 0.147. The van der Waals surface area contributed by atoms with Gasteiger partial charge in [0.15, 0.2) is 0 Å². The third kappa shape index (κ3) is 6.70. The number of anilines is 1. The van der Waals surface area contributed by atoms with Crippen molar-refractivity contribution in [3.05, 3.63) is 42.0 Å². The second-order valence-corrected chi connectivity index (χ2v) is 9.65. The molecule has 1 aromatic carbocycles. The maximum absolute atomic E-state index is 12.3. The van der Waals surface area contributed by atoms with E-state index in [1.165, 1.54) is 12.2 Å². The number of rotatable bonds is 14. The van der Waals surface area contributed by atoms with Crippen molar-refractivity contribution in [2.24, 2.45) is 0 Å². The normalized spacial score (nSPS) is 14.0. The number of ketones is 1. The van der Waals surface area contributed by atoms with Crippen LogP contribution in [0.15, 0.2) is 36.4 Å². The number of Topliss-reactive ketones (excluding diaryl/α,β-unsaturated/α-hetero) is 1. The Labute approximate surface area is 179 Å². The fourth-order valence-electron chi connectivity index (χ4n) is 3.40. The van der Waals surface area contributed by atoms with Gasteiger partial charge in [-0.3, -0.25) is 14.4 Å². The Morgan fingerprint density at radius 3 is 1.90 bits per heavy atom. The van der Waals surface area contributed by atoms with Gasteiger partial charge in [-0.05, 0) is 51.3 Å².